The lowest BCUT2D eigenvalue weighted by Crippen LogP contribution is -2.51. The highest BCUT2D eigenvalue weighted by molar-refractivity contribution is 5.10. The molecule has 1 saturated carbocycles. The second-order valence-corrected chi connectivity index (χ2v) is 6.54. The van der Waals surface area contributed by atoms with Crippen molar-refractivity contribution in [1.29, 1.82) is 0 Å². The topological polar surface area (TPSA) is 70.6 Å². The van der Waals surface area contributed by atoms with E-state index < -0.39 is 0 Å². The normalized spacial score (nSPS) is 32.3. The highest BCUT2D eigenvalue weighted by Crippen LogP contribution is 2.43. The summed E-state index contributed by atoms with van der Waals surface area (Å²) in [5, 5.41) is 16.3. The first-order valence-corrected chi connectivity index (χ1v) is 8.19. The average Bonchev–Trinajstić information content (AvgIpc) is 3.10. The fourth-order valence-corrected chi connectivity index (χ4v) is 4.08. The Morgan fingerprint density at radius 1 is 1.50 bits per heavy atom. The van der Waals surface area contributed by atoms with Gasteiger partial charge in [-0.25, -0.2) is 0 Å². The van der Waals surface area contributed by atoms with E-state index in [0.717, 1.165) is 50.2 Å². The molecule has 2 fully saturated rings. The number of ether oxygens (including phenoxy) is 2. The lowest BCUT2D eigenvalue weighted by Gasteiger charge is -2.43. The molecule has 2 aliphatic rings. The zero-order valence-electron chi connectivity index (χ0n) is 13.5. The van der Waals surface area contributed by atoms with Crippen molar-refractivity contribution in [2.45, 2.75) is 56.9 Å². The van der Waals surface area contributed by atoms with Crippen LogP contribution in [0.5, 0.6) is 0 Å². The standard InChI is InChI=1S/C16H27N3O3/c1-12-9-13(18-17-12)11-19-6-5-16(21-2)4-3-14(10-15(16)19)22-8-7-20/h9,14-15,20H,3-8,10-11H2,1-2H3,(H,17,18)/t14-,15-,16+/m0/s1. The first-order chi connectivity index (χ1) is 10.7. The molecule has 0 spiro atoms. The summed E-state index contributed by atoms with van der Waals surface area (Å²) in [5.41, 5.74) is 2.15. The number of fused-ring (bicyclic) bond motifs is 1. The van der Waals surface area contributed by atoms with Gasteiger partial charge >= 0.3 is 0 Å². The zero-order valence-corrected chi connectivity index (χ0v) is 13.5. The molecule has 2 N–H and O–H groups in total. The van der Waals surface area contributed by atoms with Crippen LogP contribution in [0, 0.1) is 6.92 Å². The van der Waals surface area contributed by atoms with E-state index in [-0.39, 0.29) is 18.3 Å². The van der Waals surface area contributed by atoms with E-state index in [4.69, 9.17) is 14.6 Å². The first kappa shape index (κ1) is 15.9. The number of aliphatic hydroxyl groups is 1. The Kier molecular flexibility index (Phi) is 4.82. The van der Waals surface area contributed by atoms with Crippen LogP contribution in [0.2, 0.25) is 0 Å². The molecule has 6 nitrogen and oxygen atoms in total. The SMILES string of the molecule is CO[C@@]12CC[C@H](OCCO)C[C@@H]1N(Cc1cc(C)[nH]n1)CC2. The average molecular weight is 309 g/mol. The number of nitrogens with one attached hydrogen (secondary N) is 1. The predicted octanol–water partition coefficient (Wildman–Crippen LogP) is 1.24. The van der Waals surface area contributed by atoms with Gasteiger partial charge in [0.1, 0.15) is 0 Å². The van der Waals surface area contributed by atoms with Crippen LogP contribution in [0.15, 0.2) is 6.07 Å². The van der Waals surface area contributed by atoms with Gasteiger partial charge in [0.15, 0.2) is 0 Å². The molecule has 6 heteroatoms. The van der Waals surface area contributed by atoms with Crippen molar-refractivity contribution in [3.8, 4) is 0 Å². The minimum absolute atomic E-state index is 0.0373. The molecular formula is C16H27N3O3. The fraction of sp³-hybridized carbons (Fsp3) is 0.812. The quantitative estimate of drug-likeness (QED) is 0.827. The summed E-state index contributed by atoms with van der Waals surface area (Å²) in [6.45, 7) is 4.44. The van der Waals surface area contributed by atoms with Crippen molar-refractivity contribution in [1.82, 2.24) is 15.1 Å². The van der Waals surface area contributed by atoms with Crippen LogP contribution in [0.25, 0.3) is 0 Å². The van der Waals surface area contributed by atoms with Crippen LogP contribution in [-0.2, 0) is 16.0 Å². The number of aromatic amines is 1. The second-order valence-electron chi connectivity index (χ2n) is 6.54. The van der Waals surface area contributed by atoms with Crippen molar-refractivity contribution in [3.63, 3.8) is 0 Å². The fourth-order valence-electron chi connectivity index (χ4n) is 4.08. The van der Waals surface area contributed by atoms with Gasteiger partial charge in [0.25, 0.3) is 0 Å². The number of aromatic nitrogens is 2. The Bertz CT molecular complexity index is 493. The molecule has 0 bridgehead atoms. The Morgan fingerprint density at radius 3 is 3.05 bits per heavy atom. The van der Waals surface area contributed by atoms with Gasteiger partial charge in [-0.3, -0.25) is 10.00 Å². The van der Waals surface area contributed by atoms with Gasteiger partial charge in [0.05, 0.1) is 30.6 Å². The molecule has 1 aromatic rings. The van der Waals surface area contributed by atoms with Crippen molar-refractivity contribution < 1.29 is 14.6 Å². The minimum Gasteiger partial charge on any atom is -0.394 e. The number of hydrogen-bond donors (Lipinski definition) is 2. The third-order valence-corrected chi connectivity index (χ3v) is 5.22. The van der Waals surface area contributed by atoms with Crippen molar-refractivity contribution in [3.05, 3.63) is 17.5 Å². The summed E-state index contributed by atoms with van der Waals surface area (Å²) in [7, 11) is 1.84. The molecule has 3 rings (SSSR count). The molecule has 3 atom stereocenters. The number of H-pyrrole nitrogens is 1. The lowest BCUT2D eigenvalue weighted by molar-refractivity contribution is -0.104. The minimum atomic E-state index is -0.0373. The predicted molar refractivity (Wildman–Crippen MR) is 82.6 cm³/mol. The molecule has 124 valence electrons. The smallest absolute Gasteiger partial charge is 0.0847 e. The van der Waals surface area contributed by atoms with E-state index in [0.29, 0.717) is 12.6 Å². The molecule has 0 aromatic carbocycles. The molecule has 1 aliphatic heterocycles. The van der Waals surface area contributed by atoms with E-state index >= 15 is 0 Å². The summed E-state index contributed by atoms with van der Waals surface area (Å²) >= 11 is 0. The van der Waals surface area contributed by atoms with Gasteiger partial charge in [0, 0.05) is 31.9 Å². The molecule has 1 aliphatic carbocycles. The summed E-state index contributed by atoms with van der Waals surface area (Å²) in [6.07, 6.45) is 4.31. The van der Waals surface area contributed by atoms with Gasteiger partial charge in [-0.05, 0) is 38.7 Å². The third-order valence-electron chi connectivity index (χ3n) is 5.22. The Labute approximate surface area is 131 Å². The van der Waals surface area contributed by atoms with Crippen LogP contribution >= 0.6 is 0 Å². The number of likely N-dealkylation sites (tertiary alicyclic amines) is 1. The lowest BCUT2D eigenvalue weighted by atomic mass is 9.79. The number of nitrogens with zero attached hydrogens (tertiary/aromatic N) is 2. The van der Waals surface area contributed by atoms with Gasteiger partial charge < -0.3 is 14.6 Å². The molecule has 1 aromatic heterocycles. The third kappa shape index (κ3) is 3.06. The van der Waals surface area contributed by atoms with Crippen molar-refractivity contribution >= 4 is 0 Å². The first-order valence-electron chi connectivity index (χ1n) is 8.19. The summed E-state index contributed by atoms with van der Waals surface area (Å²) in [6, 6.07) is 2.47. The summed E-state index contributed by atoms with van der Waals surface area (Å²) in [4.78, 5) is 2.48. The number of aliphatic hydroxyl groups excluding tert-OH is 1. The van der Waals surface area contributed by atoms with E-state index in [1.54, 1.807) is 0 Å². The van der Waals surface area contributed by atoms with Crippen LogP contribution in [0.4, 0.5) is 0 Å². The number of hydrogen-bond acceptors (Lipinski definition) is 5. The highest BCUT2D eigenvalue weighted by atomic mass is 16.5. The van der Waals surface area contributed by atoms with Gasteiger partial charge in [-0.15, -0.1) is 0 Å². The van der Waals surface area contributed by atoms with E-state index in [1.165, 1.54) is 0 Å². The van der Waals surface area contributed by atoms with Crippen LogP contribution < -0.4 is 0 Å². The molecule has 0 radical (unpaired) electrons. The zero-order chi connectivity index (χ0) is 15.6. The summed E-state index contributed by atoms with van der Waals surface area (Å²) in [5.74, 6) is 0. The van der Waals surface area contributed by atoms with Gasteiger partial charge in [0.2, 0.25) is 0 Å². The maximum absolute atomic E-state index is 8.96. The molecular weight excluding hydrogens is 282 g/mol. The summed E-state index contributed by atoms with van der Waals surface area (Å²) < 4.78 is 11.7. The molecule has 22 heavy (non-hydrogen) atoms. The van der Waals surface area contributed by atoms with E-state index in [9.17, 15) is 0 Å². The maximum atomic E-state index is 8.96. The number of rotatable bonds is 6. The van der Waals surface area contributed by atoms with Crippen LogP contribution in [-0.4, -0.2) is 64.8 Å². The van der Waals surface area contributed by atoms with Crippen LogP contribution in [0.3, 0.4) is 0 Å². The van der Waals surface area contributed by atoms with E-state index in [2.05, 4.69) is 21.2 Å². The number of methoxy groups -OCH3 is 1. The Balaban J connectivity index is 1.69. The molecule has 0 unspecified atom stereocenters. The number of aryl methyl sites for hydroxylation is 1. The Hall–Kier alpha value is -0.950. The molecule has 1 saturated heterocycles. The maximum Gasteiger partial charge on any atom is 0.0847 e. The van der Waals surface area contributed by atoms with E-state index in [1.807, 2.05) is 14.0 Å². The van der Waals surface area contributed by atoms with Crippen LogP contribution in [0.1, 0.15) is 37.1 Å². The molecule has 2 heterocycles. The van der Waals surface area contributed by atoms with Gasteiger partial charge in [-0.2, -0.15) is 5.10 Å². The Morgan fingerprint density at radius 2 is 2.36 bits per heavy atom. The second kappa shape index (κ2) is 6.66. The van der Waals surface area contributed by atoms with Crippen molar-refractivity contribution in [2.24, 2.45) is 0 Å². The van der Waals surface area contributed by atoms with Gasteiger partial charge in [-0.1, -0.05) is 0 Å². The highest BCUT2D eigenvalue weighted by Gasteiger charge is 2.51. The monoisotopic (exact) mass is 309 g/mol. The largest absolute Gasteiger partial charge is 0.394 e. The van der Waals surface area contributed by atoms with Crippen molar-refractivity contribution in [2.75, 3.05) is 26.9 Å². The molecule has 0 amide bonds.